The molecule has 262 valence electrons. The molecule has 0 unspecified atom stereocenters. The van der Waals surface area contributed by atoms with Crippen molar-refractivity contribution in [1.29, 1.82) is 0 Å². The summed E-state index contributed by atoms with van der Waals surface area (Å²) in [5.74, 6) is 0. The monoisotopic (exact) mass is 713 g/mol. The standard InChI is InChI=1S/C54H35NO/c1-3-15-38(16-4-1)53-48-23-10-9-21-45(48)46-32-30-41(35-50(46)54(53)39-17-5-2-6-18-39)55(42-31-33-52-49(34-42)47-22-11-12-25-51(47)56-52)40-28-26-37(27-29-40)44-24-13-19-36-14-7-8-20-43(36)44/h1-35H. The summed E-state index contributed by atoms with van der Waals surface area (Å²) in [6.45, 7) is 0. The molecule has 10 aromatic carbocycles. The number of para-hydroxylation sites is 1. The van der Waals surface area contributed by atoms with Crippen molar-refractivity contribution in [3.05, 3.63) is 212 Å². The van der Waals surface area contributed by atoms with E-state index in [2.05, 4.69) is 205 Å². The molecule has 2 heteroatoms. The van der Waals surface area contributed by atoms with Gasteiger partial charge in [0.1, 0.15) is 11.2 Å². The number of benzene rings is 10. The van der Waals surface area contributed by atoms with E-state index in [4.69, 9.17) is 4.42 Å². The molecule has 0 saturated heterocycles. The first kappa shape index (κ1) is 32.0. The van der Waals surface area contributed by atoms with E-state index in [0.29, 0.717) is 0 Å². The maximum atomic E-state index is 6.30. The highest BCUT2D eigenvalue weighted by atomic mass is 16.3. The molecule has 0 bridgehead atoms. The van der Waals surface area contributed by atoms with Crippen molar-refractivity contribution in [3.8, 4) is 33.4 Å². The van der Waals surface area contributed by atoms with Gasteiger partial charge in [0.25, 0.3) is 0 Å². The number of rotatable bonds is 6. The minimum absolute atomic E-state index is 0.880. The molecule has 56 heavy (non-hydrogen) atoms. The highest BCUT2D eigenvalue weighted by molar-refractivity contribution is 6.22. The van der Waals surface area contributed by atoms with E-state index in [0.717, 1.165) is 39.0 Å². The van der Waals surface area contributed by atoms with Gasteiger partial charge in [-0.3, -0.25) is 0 Å². The van der Waals surface area contributed by atoms with Gasteiger partial charge in [0.05, 0.1) is 0 Å². The smallest absolute Gasteiger partial charge is 0.135 e. The van der Waals surface area contributed by atoms with Crippen molar-refractivity contribution >= 4 is 71.3 Å². The molecule has 1 aromatic heterocycles. The molecule has 0 fully saturated rings. The van der Waals surface area contributed by atoms with E-state index >= 15 is 0 Å². The lowest BCUT2D eigenvalue weighted by molar-refractivity contribution is 0.669. The van der Waals surface area contributed by atoms with Gasteiger partial charge in [-0.05, 0) is 114 Å². The first-order chi connectivity index (χ1) is 27.8. The molecule has 0 amide bonds. The van der Waals surface area contributed by atoms with Gasteiger partial charge in [-0.15, -0.1) is 0 Å². The Hall–Kier alpha value is -7.42. The molecule has 0 atom stereocenters. The second kappa shape index (κ2) is 13.2. The Bertz CT molecular complexity index is 3230. The molecule has 0 spiro atoms. The van der Waals surface area contributed by atoms with Crippen LogP contribution in [0.5, 0.6) is 0 Å². The Morgan fingerprint density at radius 1 is 0.286 bits per heavy atom. The normalized spacial score (nSPS) is 11.6. The molecule has 11 rings (SSSR count). The largest absolute Gasteiger partial charge is 0.456 e. The van der Waals surface area contributed by atoms with Gasteiger partial charge in [-0.2, -0.15) is 0 Å². The quantitative estimate of drug-likeness (QED) is 0.160. The van der Waals surface area contributed by atoms with Gasteiger partial charge in [0, 0.05) is 27.8 Å². The number of furan rings is 1. The molecule has 0 radical (unpaired) electrons. The van der Waals surface area contributed by atoms with Crippen molar-refractivity contribution in [1.82, 2.24) is 0 Å². The average Bonchev–Trinajstić information content (AvgIpc) is 3.65. The van der Waals surface area contributed by atoms with Crippen LogP contribution in [0.15, 0.2) is 217 Å². The molecule has 0 saturated carbocycles. The molecule has 11 aromatic rings. The van der Waals surface area contributed by atoms with Crippen LogP contribution < -0.4 is 4.90 Å². The van der Waals surface area contributed by atoms with Crippen molar-refractivity contribution < 1.29 is 4.42 Å². The minimum Gasteiger partial charge on any atom is -0.456 e. The predicted octanol–water partition coefficient (Wildman–Crippen LogP) is 15.5. The van der Waals surface area contributed by atoms with Crippen LogP contribution in [-0.2, 0) is 0 Å². The molecular formula is C54H35NO. The topological polar surface area (TPSA) is 16.4 Å². The van der Waals surface area contributed by atoms with E-state index in [1.165, 1.54) is 65.7 Å². The second-order valence-electron chi connectivity index (χ2n) is 14.4. The third-order valence-corrected chi connectivity index (χ3v) is 11.2. The Morgan fingerprint density at radius 2 is 0.804 bits per heavy atom. The summed E-state index contributed by atoms with van der Waals surface area (Å²) in [6, 6.07) is 76.6. The molecular weight excluding hydrogens is 679 g/mol. The molecule has 0 N–H and O–H groups in total. The molecule has 2 nitrogen and oxygen atoms in total. The van der Waals surface area contributed by atoms with Crippen LogP contribution in [0.4, 0.5) is 17.1 Å². The summed E-state index contributed by atoms with van der Waals surface area (Å²) < 4.78 is 6.30. The van der Waals surface area contributed by atoms with Gasteiger partial charge in [0.15, 0.2) is 0 Å². The van der Waals surface area contributed by atoms with Gasteiger partial charge < -0.3 is 9.32 Å². The van der Waals surface area contributed by atoms with Crippen LogP contribution in [0.2, 0.25) is 0 Å². The fraction of sp³-hybridized carbons (Fsp3) is 0. The van der Waals surface area contributed by atoms with Crippen molar-refractivity contribution in [2.75, 3.05) is 4.90 Å². The van der Waals surface area contributed by atoms with Crippen LogP contribution in [0.1, 0.15) is 0 Å². The first-order valence-corrected chi connectivity index (χ1v) is 19.2. The second-order valence-corrected chi connectivity index (χ2v) is 14.4. The lowest BCUT2D eigenvalue weighted by atomic mass is 9.85. The van der Waals surface area contributed by atoms with E-state index in [9.17, 15) is 0 Å². The summed E-state index contributed by atoms with van der Waals surface area (Å²) in [5, 5.41) is 9.62. The highest BCUT2D eigenvalue weighted by Crippen LogP contribution is 2.47. The molecule has 0 aliphatic rings. The first-order valence-electron chi connectivity index (χ1n) is 19.2. The summed E-state index contributed by atoms with van der Waals surface area (Å²) in [7, 11) is 0. The molecule has 1 heterocycles. The lowest BCUT2D eigenvalue weighted by Crippen LogP contribution is -2.10. The van der Waals surface area contributed by atoms with E-state index in [1.807, 2.05) is 12.1 Å². The summed E-state index contributed by atoms with van der Waals surface area (Å²) in [4.78, 5) is 2.39. The third-order valence-electron chi connectivity index (χ3n) is 11.2. The fourth-order valence-corrected chi connectivity index (χ4v) is 8.70. The van der Waals surface area contributed by atoms with Crippen molar-refractivity contribution in [2.24, 2.45) is 0 Å². The number of anilines is 3. The Kier molecular flexibility index (Phi) is 7.53. The van der Waals surface area contributed by atoms with Gasteiger partial charge in [-0.25, -0.2) is 0 Å². The zero-order valence-electron chi connectivity index (χ0n) is 30.6. The summed E-state index contributed by atoms with van der Waals surface area (Å²) in [6.07, 6.45) is 0. The Balaban J connectivity index is 1.18. The van der Waals surface area contributed by atoms with Crippen LogP contribution in [-0.4, -0.2) is 0 Å². The number of nitrogens with zero attached hydrogens (tertiary/aromatic N) is 1. The average molecular weight is 714 g/mol. The Labute approximate surface area is 325 Å². The van der Waals surface area contributed by atoms with Crippen LogP contribution in [0.3, 0.4) is 0 Å². The van der Waals surface area contributed by atoms with Crippen molar-refractivity contribution in [2.45, 2.75) is 0 Å². The molecule has 0 aliphatic carbocycles. The Morgan fingerprint density at radius 3 is 1.55 bits per heavy atom. The number of fused-ring (bicyclic) bond motifs is 7. The van der Waals surface area contributed by atoms with Crippen LogP contribution in [0, 0.1) is 0 Å². The summed E-state index contributed by atoms with van der Waals surface area (Å²) >= 11 is 0. The maximum absolute atomic E-state index is 6.30. The third kappa shape index (κ3) is 5.26. The molecule has 0 aliphatic heterocycles. The highest BCUT2D eigenvalue weighted by Gasteiger charge is 2.21. The minimum atomic E-state index is 0.880. The van der Waals surface area contributed by atoms with E-state index < -0.39 is 0 Å². The van der Waals surface area contributed by atoms with E-state index in [1.54, 1.807) is 0 Å². The van der Waals surface area contributed by atoms with Gasteiger partial charge in [-0.1, -0.05) is 164 Å². The summed E-state index contributed by atoms with van der Waals surface area (Å²) in [5.41, 5.74) is 12.3. The number of hydrogen-bond acceptors (Lipinski definition) is 2. The number of hydrogen-bond donors (Lipinski definition) is 0. The zero-order valence-corrected chi connectivity index (χ0v) is 30.6. The predicted molar refractivity (Wildman–Crippen MR) is 237 cm³/mol. The van der Waals surface area contributed by atoms with Crippen molar-refractivity contribution in [3.63, 3.8) is 0 Å². The SMILES string of the molecule is c1ccc(-c2c(-c3ccccc3)c3cc(N(c4ccc(-c5cccc6ccccc56)cc4)c4ccc5oc6ccccc6c5c4)ccc3c3ccccc23)cc1. The maximum Gasteiger partial charge on any atom is 0.135 e. The van der Waals surface area contributed by atoms with Crippen LogP contribution in [0.25, 0.3) is 87.6 Å². The lowest BCUT2D eigenvalue weighted by Gasteiger charge is -2.27. The fourth-order valence-electron chi connectivity index (χ4n) is 8.70. The zero-order chi connectivity index (χ0) is 37.0. The van der Waals surface area contributed by atoms with E-state index in [-0.39, 0.29) is 0 Å². The van der Waals surface area contributed by atoms with Gasteiger partial charge >= 0.3 is 0 Å². The van der Waals surface area contributed by atoms with Crippen LogP contribution >= 0.6 is 0 Å². The van der Waals surface area contributed by atoms with Gasteiger partial charge in [0.2, 0.25) is 0 Å².